The zero-order chi connectivity index (χ0) is 13.2. The molecule has 3 rings (SSSR count). The van der Waals surface area contributed by atoms with Crippen LogP contribution in [-0.4, -0.2) is 10.1 Å². The van der Waals surface area contributed by atoms with Crippen molar-refractivity contribution in [3.8, 4) is 17.0 Å². The number of phenolic OH excluding ortho intramolecular Hbond substituents is 1. The Balaban J connectivity index is 1.87. The van der Waals surface area contributed by atoms with Gasteiger partial charge in [-0.05, 0) is 24.1 Å². The first-order chi connectivity index (χ1) is 9.24. The number of aromatic nitrogens is 1. The Kier molecular flexibility index (Phi) is 3.23. The van der Waals surface area contributed by atoms with Crippen LogP contribution in [0.5, 0.6) is 5.75 Å². The van der Waals surface area contributed by atoms with Crippen LogP contribution in [0.4, 0.5) is 4.39 Å². The largest absolute Gasteiger partial charge is 0.505 e. The number of hydrogen-bond donors (Lipinski definition) is 1. The number of phenols is 1. The molecule has 0 saturated heterocycles. The first-order valence-corrected chi connectivity index (χ1v) is 6.65. The molecule has 1 aromatic carbocycles. The molecule has 1 aliphatic carbocycles. The summed E-state index contributed by atoms with van der Waals surface area (Å²) < 4.78 is 18.9. The molecule has 2 aromatic rings. The molecule has 1 saturated carbocycles. The van der Waals surface area contributed by atoms with Crippen molar-refractivity contribution in [3.05, 3.63) is 36.2 Å². The highest BCUT2D eigenvalue weighted by Crippen LogP contribution is 2.32. The zero-order valence-electron chi connectivity index (χ0n) is 10.6. The Morgan fingerprint density at radius 3 is 2.84 bits per heavy atom. The quantitative estimate of drug-likeness (QED) is 0.910. The van der Waals surface area contributed by atoms with E-state index in [0.717, 1.165) is 12.2 Å². The predicted molar refractivity (Wildman–Crippen MR) is 69.2 cm³/mol. The third kappa shape index (κ3) is 2.48. The van der Waals surface area contributed by atoms with Crippen LogP contribution in [0, 0.1) is 11.7 Å². The maximum atomic E-state index is 13.4. The summed E-state index contributed by atoms with van der Waals surface area (Å²) in [7, 11) is 0. The van der Waals surface area contributed by atoms with Crippen LogP contribution in [-0.2, 0) is 6.42 Å². The summed E-state index contributed by atoms with van der Waals surface area (Å²) in [5.74, 6) is 0.488. The van der Waals surface area contributed by atoms with Crippen LogP contribution in [0.15, 0.2) is 29.0 Å². The standard InChI is InChI=1S/C15H16FNO2/c16-12-8-11(5-6-13(12)18)15-14(19-9-17-15)7-10-3-1-2-4-10/h5-6,8-10,18H,1-4,7H2. The van der Waals surface area contributed by atoms with Crippen LogP contribution in [0.25, 0.3) is 11.3 Å². The van der Waals surface area contributed by atoms with Crippen molar-refractivity contribution < 1.29 is 13.9 Å². The molecule has 1 aromatic heterocycles. The van der Waals surface area contributed by atoms with Gasteiger partial charge in [0.1, 0.15) is 11.5 Å². The zero-order valence-corrected chi connectivity index (χ0v) is 10.6. The van der Waals surface area contributed by atoms with Crippen molar-refractivity contribution in [3.63, 3.8) is 0 Å². The molecule has 0 unspecified atom stereocenters. The SMILES string of the molecule is Oc1ccc(-c2ncoc2CC2CCCC2)cc1F. The number of nitrogens with zero attached hydrogens (tertiary/aromatic N) is 1. The van der Waals surface area contributed by atoms with Gasteiger partial charge in [0.05, 0.1) is 0 Å². The molecular weight excluding hydrogens is 245 g/mol. The monoisotopic (exact) mass is 261 g/mol. The molecule has 1 heterocycles. The second-order valence-electron chi connectivity index (χ2n) is 5.14. The van der Waals surface area contributed by atoms with Crippen molar-refractivity contribution in [1.29, 1.82) is 0 Å². The number of aromatic hydroxyl groups is 1. The summed E-state index contributed by atoms with van der Waals surface area (Å²) in [6.07, 6.45) is 7.28. The fourth-order valence-electron chi connectivity index (χ4n) is 2.78. The maximum Gasteiger partial charge on any atom is 0.181 e. The van der Waals surface area contributed by atoms with Crippen molar-refractivity contribution in [1.82, 2.24) is 4.98 Å². The topological polar surface area (TPSA) is 46.3 Å². The lowest BCUT2D eigenvalue weighted by Gasteiger charge is -2.07. The van der Waals surface area contributed by atoms with Crippen LogP contribution in [0.1, 0.15) is 31.4 Å². The highest BCUT2D eigenvalue weighted by Gasteiger charge is 2.20. The van der Waals surface area contributed by atoms with E-state index in [1.165, 1.54) is 44.2 Å². The van der Waals surface area contributed by atoms with Gasteiger partial charge in [-0.15, -0.1) is 0 Å². The lowest BCUT2D eigenvalue weighted by Crippen LogP contribution is -1.99. The van der Waals surface area contributed by atoms with Crippen molar-refractivity contribution in [2.24, 2.45) is 5.92 Å². The summed E-state index contributed by atoms with van der Waals surface area (Å²) in [6.45, 7) is 0. The van der Waals surface area contributed by atoms with Gasteiger partial charge in [-0.3, -0.25) is 0 Å². The van der Waals surface area contributed by atoms with Crippen molar-refractivity contribution >= 4 is 0 Å². The van der Waals surface area contributed by atoms with E-state index in [1.807, 2.05) is 0 Å². The van der Waals surface area contributed by atoms with Crippen LogP contribution in [0.3, 0.4) is 0 Å². The Bertz CT molecular complexity index is 573. The number of hydrogen-bond acceptors (Lipinski definition) is 3. The Labute approximate surface area is 111 Å². The summed E-state index contributed by atoms with van der Waals surface area (Å²) in [6, 6.07) is 4.30. The van der Waals surface area contributed by atoms with Gasteiger partial charge >= 0.3 is 0 Å². The lowest BCUT2D eigenvalue weighted by molar-refractivity contribution is 0.432. The van der Waals surface area contributed by atoms with Crippen LogP contribution in [0.2, 0.25) is 0 Å². The Hall–Kier alpha value is -1.84. The fourth-order valence-corrected chi connectivity index (χ4v) is 2.78. The van der Waals surface area contributed by atoms with E-state index in [9.17, 15) is 9.50 Å². The summed E-state index contributed by atoms with van der Waals surface area (Å²) in [5.41, 5.74) is 1.34. The highest BCUT2D eigenvalue weighted by molar-refractivity contribution is 5.62. The van der Waals surface area contributed by atoms with Gasteiger partial charge in [0.25, 0.3) is 0 Å². The molecule has 0 bridgehead atoms. The van der Waals surface area contributed by atoms with Gasteiger partial charge < -0.3 is 9.52 Å². The van der Waals surface area contributed by atoms with E-state index in [1.54, 1.807) is 6.07 Å². The normalized spacial score (nSPS) is 16.1. The molecule has 1 N–H and O–H groups in total. The molecular formula is C15H16FNO2. The molecule has 0 amide bonds. The van der Waals surface area contributed by atoms with E-state index in [2.05, 4.69) is 4.98 Å². The minimum Gasteiger partial charge on any atom is -0.505 e. The summed E-state index contributed by atoms with van der Waals surface area (Å²) >= 11 is 0. The Morgan fingerprint density at radius 2 is 2.11 bits per heavy atom. The third-order valence-corrected chi connectivity index (χ3v) is 3.81. The summed E-state index contributed by atoms with van der Waals surface area (Å²) in [4.78, 5) is 4.18. The molecule has 3 nitrogen and oxygen atoms in total. The van der Waals surface area contributed by atoms with E-state index in [0.29, 0.717) is 17.2 Å². The fraction of sp³-hybridized carbons (Fsp3) is 0.400. The second-order valence-corrected chi connectivity index (χ2v) is 5.14. The smallest absolute Gasteiger partial charge is 0.181 e. The molecule has 1 fully saturated rings. The number of rotatable bonds is 3. The molecule has 1 aliphatic rings. The predicted octanol–water partition coefficient (Wildman–Crippen LogP) is 3.92. The van der Waals surface area contributed by atoms with E-state index in [4.69, 9.17) is 4.42 Å². The average molecular weight is 261 g/mol. The minimum atomic E-state index is -0.632. The number of oxazole rings is 1. The molecule has 0 spiro atoms. The molecule has 19 heavy (non-hydrogen) atoms. The number of halogens is 1. The van der Waals surface area contributed by atoms with Crippen molar-refractivity contribution in [2.75, 3.05) is 0 Å². The second kappa shape index (κ2) is 5.03. The van der Waals surface area contributed by atoms with E-state index in [-0.39, 0.29) is 5.75 Å². The molecule has 0 atom stereocenters. The van der Waals surface area contributed by atoms with E-state index >= 15 is 0 Å². The lowest BCUT2D eigenvalue weighted by atomic mass is 9.99. The van der Waals surface area contributed by atoms with Crippen LogP contribution < -0.4 is 0 Å². The van der Waals surface area contributed by atoms with Gasteiger partial charge in [0.15, 0.2) is 18.0 Å². The van der Waals surface area contributed by atoms with Crippen molar-refractivity contribution in [2.45, 2.75) is 32.1 Å². The maximum absolute atomic E-state index is 13.4. The number of benzene rings is 1. The minimum absolute atomic E-state index is 0.343. The van der Waals surface area contributed by atoms with Crippen LogP contribution >= 0.6 is 0 Å². The molecule has 4 heteroatoms. The van der Waals surface area contributed by atoms with E-state index < -0.39 is 5.82 Å². The molecule has 0 aliphatic heterocycles. The Morgan fingerprint density at radius 1 is 1.32 bits per heavy atom. The van der Waals surface area contributed by atoms with Gasteiger partial charge in [-0.1, -0.05) is 25.7 Å². The first kappa shape index (κ1) is 12.2. The first-order valence-electron chi connectivity index (χ1n) is 6.65. The summed E-state index contributed by atoms with van der Waals surface area (Å²) in [5, 5.41) is 9.22. The highest BCUT2D eigenvalue weighted by atomic mass is 19.1. The molecule has 100 valence electrons. The van der Waals surface area contributed by atoms with Gasteiger partial charge in [0.2, 0.25) is 0 Å². The average Bonchev–Trinajstić information content (AvgIpc) is 3.05. The van der Waals surface area contributed by atoms with Gasteiger partial charge in [-0.25, -0.2) is 9.37 Å². The molecule has 0 radical (unpaired) electrons. The third-order valence-electron chi connectivity index (χ3n) is 3.81. The van der Waals surface area contributed by atoms with Gasteiger partial charge in [0, 0.05) is 12.0 Å². The van der Waals surface area contributed by atoms with Gasteiger partial charge in [-0.2, -0.15) is 0 Å².